The Morgan fingerprint density at radius 3 is 2.74 bits per heavy atom. The SMILES string of the molecule is Cc1ccc(OCc2cc(N)n(CCO)n2)cc1C. The van der Waals surface area contributed by atoms with Crippen molar-refractivity contribution in [3.8, 4) is 5.75 Å². The Bertz CT molecular complexity index is 564. The molecular formula is C14H19N3O2. The molecule has 1 aromatic carbocycles. The highest BCUT2D eigenvalue weighted by molar-refractivity contribution is 5.34. The molecule has 0 saturated heterocycles. The lowest BCUT2D eigenvalue weighted by Gasteiger charge is -2.06. The number of nitrogens with two attached hydrogens (primary N) is 1. The van der Waals surface area contributed by atoms with Crippen LogP contribution in [0.25, 0.3) is 0 Å². The molecule has 0 amide bonds. The van der Waals surface area contributed by atoms with Crippen LogP contribution in [0.15, 0.2) is 24.3 Å². The summed E-state index contributed by atoms with van der Waals surface area (Å²) < 4.78 is 7.25. The van der Waals surface area contributed by atoms with E-state index in [-0.39, 0.29) is 6.61 Å². The number of nitrogens with zero attached hydrogens (tertiary/aromatic N) is 2. The van der Waals surface area contributed by atoms with Gasteiger partial charge in [0.2, 0.25) is 0 Å². The maximum absolute atomic E-state index is 8.87. The number of ether oxygens (including phenoxy) is 1. The molecule has 0 aliphatic rings. The highest BCUT2D eigenvalue weighted by Gasteiger charge is 2.05. The fourth-order valence-electron chi connectivity index (χ4n) is 1.79. The summed E-state index contributed by atoms with van der Waals surface area (Å²) in [6.45, 7) is 4.90. The molecule has 0 radical (unpaired) electrons. The predicted molar refractivity (Wildman–Crippen MR) is 74.0 cm³/mol. The average molecular weight is 261 g/mol. The van der Waals surface area contributed by atoms with Crippen molar-refractivity contribution in [2.75, 3.05) is 12.3 Å². The van der Waals surface area contributed by atoms with E-state index >= 15 is 0 Å². The van der Waals surface area contributed by atoms with Gasteiger partial charge in [-0.2, -0.15) is 5.10 Å². The first-order chi connectivity index (χ1) is 9.10. The van der Waals surface area contributed by atoms with E-state index in [1.807, 2.05) is 18.2 Å². The van der Waals surface area contributed by atoms with E-state index in [0.717, 1.165) is 11.4 Å². The van der Waals surface area contributed by atoms with E-state index in [4.69, 9.17) is 15.6 Å². The molecule has 1 aromatic heterocycles. The minimum atomic E-state index is 0.0172. The van der Waals surface area contributed by atoms with Crippen LogP contribution in [-0.4, -0.2) is 21.5 Å². The minimum absolute atomic E-state index is 0.0172. The number of aryl methyl sites for hydroxylation is 2. The maximum Gasteiger partial charge on any atom is 0.132 e. The second-order valence-electron chi connectivity index (χ2n) is 4.54. The van der Waals surface area contributed by atoms with Crippen molar-refractivity contribution in [3.63, 3.8) is 0 Å². The zero-order valence-electron chi connectivity index (χ0n) is 11.3. The van der Waals surface area contributed by atoms with Crippen molar-refractivity contribution < 1.29 is 9.84 Å². The Hall–Kier alpha value is -2.01. The molecule has 0 spiro atoms. The summed E-state index contributed by atoms with van der Waals surface area (Å²) in [4.78, 5) is 0. The first-order valence-electron chi connectivity index (χ1n) is 6.23. The fraction of sp³-hybridized carbons (Fsp3) is 0.357. The predicted octanol–water partition coefficient (Wildman–Crippen LogP) is 1.65. The van der Waals surface area contributed by atoms with Gasteiger partial charge in [0.05, 0.1) is 13.2 Å². The Kier molecular flexibility index (Phi) is 4.06. The van der Waals surface area contributed by atoms with Crippen molar-refractivity contribution in [2.24, 2.45) is 0 Å². The highest BCUT2D eigenvalue weighted by atomic mass is 16.5. The van der Waals surface area contributed by atoms with Gasteiger partial charge >= 0.3 is 0 Å². The van der Waals surface area contributed by atoms with Crippen LogP contribution in [0, 0.1) is 13.8 Å². The molecule has 0 aliphatic carbocycles. The standard InChI is InChI=1S/C14H19N3O2/c1-10-3-4-13(7-11(10)2)19-9-12-8-14(15)17(16-12)5-6-18/h3-4,7-8,18H,5-6,9,15H2,1-2H3. The summed E-state index contributed by atoms with van der Waals surface area (Å²) in [5, 5.41) is 13.1. The van der Waals surface area contributed by atoms with Crippen LogP contribution < -0.4 is 10.5 Å². The zero-order chi connectivity index (χ0) is 13.8. The Morgan fingerprint density at radius 2 is 2.05 bits per heavy atom. The summed E-state index contributed by atoms with van der Waals surface area (Å²) in [5.74, 6) is 1.35. The average Bonchev–Trinajstić information content (AvgIpc) is 2.72. The number of nitrogen functional groups attached to an aromatic ring is 1. The van der Waals surface area contributed by atoms with E-state index in [1.54, 1.807) is 10.7 Å². The molecule has 0 unspecified atom stereocenters. The van der Waals surface area contributed by atoms with Gasteiger partial charge in [0.15, 0.2) is 0 Å². The molecule has 0 atom stereocenters. The number of aromatic nitrogens is 2. The normalized spacial score (nSPS) is 10.7. The van der Waals surface area contributed by atoms with Crippen molar-refractivity contribution in [1.29, 1.82) is 0 Å². The number of rotatable bonds is 5. The zero-order valence-corrected chi connectivity index (χ0v) is 11.3. The summed E-state index contributed by atoms with van der Waals surface area (Å²) in [7, 11) is 0. The molecule has 2 aromatic rings. The lowest BCUT2D eigenvalue weighted by atomic mass is 10.1. The third-order valence-electron chi connectivity index (χ3n) is 3.04. The fourth-order valence-corrected chi connectivity index (χ4v) is 1.79. The van der Waals surface area contributed by atoms with E-state index in [2.05, 4.69) is 18.9 Å². The van der Waals surface area contributed by atoms with Gasteiger partial charge < -0.3 is 15.6 Å². The van der Waals surface area contributed by atoms with Gasteiger partial charge in [-0.3, -0.25) is 0 Å². The third-order valence-corrected chi connectivity index (χ3v) is 3.04. The molecular weight excluding hydrogens is 242 g/mol. The summed E-state index contributed by atoms with van der Waals surface area (Å²) in [6.07, 6.45) is 0. The molecule has 1 heterocycles. The van der Waals surface area contributed by atoms with Gasteiger partial charge in [-0.15, -0.1) is 0 Å². The van der Waals surface area contributed by atoms with Gasteiger partial charge in [0.25, 0.3) is 0 Å². The maximum atomic E-state index is 8.87. The van der Waals surface area contributed by atoms with Crippen molar-refractivity contribution in [2.45, 2.75) is 27.0 Å². The van der Waals surface area contributed by atoms with Crippen LogP contribution in [-0.2, 0) is 13.2 Å². The number of aliphatic hydroxyl groups excluding tert-OH is 1. The van der Waals surface area contributed by atoms with Crippen LogP contribution in [0.4, 0.5) is 5.82 Å². The highest BCUT2D eigenvalue weighted by Crippen LogP contribution is 2.18. The van der Waals surface area contributed by atoms with E-state index in [1.165, 1.54) is 11.1 Å². The summed E-state index contributed by atoms with van der Waals surface area (Å²) in [5.41, 5.74) is 8.96. The number of anilines is 1. The molecule has 0 bridgehead atoms. The van der Waals surface area contributed by atoms with Gasteiger partial charge in [-0.1, -0.05) is 6.07 Å². The molecule has 3 N–H and O–H groups in total. The Balaban J connectivity index is 2.01. The van der Waals surface area contributed by atoms with E-state index < -0.39 is 0 Å². The van der Waals surface area contributed by atoms with Crippen LogP contribution in [0.2, 0.25) is 0 Å². The van der Waals surface area contributed by atoms with Gasteiger partial charge in [-0.25, -0.2) is 4.68 Å². The molecule has 19 heavy (non-hydrogen) atoms. The smallest absolute Gasteiger partial charge is 0.132 e. The number of hydrogen-bond acceptors (Lipinski definition) is 4. The quantitative estimate of drug-likeness (QED) is 0.858. The third kappa shape index (κ3) is 3.26. The van der Waals surface area contributed by atoms with E-state index in [0.29, 0.717) is 19.0 Å². The topological polar surface area (TPSA) is 73.3 Å². The number of hydrogen-bond donors (Lipinski definition) is 2. The molecule has 0 fully saturated rings. The molecule has 0 saturated carbocycles. The van der Waals surface area contributed by atoms with Gasteiger partial charge in [0.1, 0.15) is 23.9 Å². The lowest BCUT2D eigenvalue weighted by Crippen LogP contribution is -2.08. The Morgan fingerprint density at radius 1 is 1.26 bits per heavy atom. The molecule has 2 rings (SSSR count). The van der Waals surface area contributed by atoms with Gasteiger partial charge in [-0.05, 0) is 37.1 Å². The first-order valence-corrected chi connectivity index (χ1v) is 6.23. The van der Waals surface area contributed by atoms with Crippen molar-refractivity contribution >= 4 is 5.82 Å². The second kappa shape index (κ2) is 5.75. The summed E-state index contributed by atoms with van der Waals surface area (Å²) >= 11 is 0. The number of aliphatic hydroxyl groups is 1. The summed E-state index contributed by atoms with van der Waals surface area (Å²) in [6, 6.07) is 7.74. The van der Waals surface area contributed by atoms with Crippen molar-refractivity contribution in [3.05, 3.63) is 41.1 Å². The van der Waals surface area contributed by atoms with Crippen LogP contribution in [0.5, 0.6) is 5.75 Å². The molecule has 5 heteroatoms. The number of benzene rings is 1. The minimum Gasteiger partial charge on any atom is -0.487 e. The second-order valence-corrected chi connectivity index (χ2v) is 4.54. The first kappa shape index (κ1) is 13.4. The van der Waals surface area contributed by atoms with Crippen LogP contribution >= 0.6 is 0 Å². The Labute approximate surface area is 112 Å². The van der Waals surface area contributed by atoms with Crippen molar-refractivity contribution in [1.82, 2.24) is 9.78 Å². The monoisotopic (exact) mass is 261 g/mol. The largest absolute Gasteiger partial charge is 0.487 e. The molecule has 0 aliphatic heterocycles. The lowest BCUT2D eigenvalue weighted by molar-refractivity contribution is 0.267. The molecule has 102 valence electrons. The van der Waals surface area contributed by atoms with E-state index in [9.17, 15) is 0 Å². The van der Waals surface area contributed by atoms with Gasteiger partial charge in [0, 0.05) is 6.07 Å². The van der Waals surface area contributed by atoms with Crippen LogP contribution in [0.1, 0.15) is 16.8 Å². The van der Waals surface area contributed by atoms with Crippen LogP contribution in [0.3, 0.4) is 0 Å². The molecule has 5 nitrogen and oxygen atoms in total.